The lowest BCUT2D eigenvalue weighted by atomic mass is 10.2. The van der Waals surface area contributed by atoms with E-state index < -0.39 is 4.92 Å². The Balaban J connectivity index is 2.11. The highest BCUT2D eigenvalue weighted by Gasteiger charge is 2.19. The second kappa shape index (κ2) is 5.59. The summed E-state index contributed by atoms with van der Waals surface area (Å²) in [5, 5.41) is 18.4. The van der Waals surface area contributed by atoms with Crippen molar-refractivity contribution in [3.63, 3.8) is 0 Å². The molecule has 2 aromatic rings. The number of nitrogens with zero attached hydrogens (tertiary/aromatic N) is 5. The number of hydrogen-bond donors (Lipinski definition) is 0. The van der Waals surface area contributed by atoms with Gasteiger partial charge >= 0.3 is 5.69 Å². The van der Waals surface area contributed by atoms with E-state index in [0.717, 1.165) is 19.3 Å². The van der Waals surface area contributed by atoms with Gasteiger partial charge in [0.05, 0.1) is 4.92 Å². The van der Waals surface area contributed by atoms with E-state index in [2.05, 4.69) is 22.2 Å². The molecule has 0 bridgehead atoms. The Morgan fingerprint density at radius 2 is 2.37 bits per heavy atom. The molecule has 2 heterocycles. The molecule has 19 heavy (non-hydrogen) atoms. The summed E-state index contributed by atoms with van der Waals surface area (Å²) in [6.07, 6.45) is 5.38. The highest BCUT2D eigenvalue weighted by molar-refractivity contribution is 5.21. The van der Waals surface area contributed by atoms with E-state index in [1.807, 2.05) is 0 Å². The molecular formula is C11H15N5O3. The Bertz CT molecular complexity index is 562. The fraction of sp³-hybridized carbons (Fsp3) is 0.545. The third-order valence-corrected chi connectivity index (χ3v) is 2.79. The number of aryl methyl sites for hydroxylation is 1. The van der Waals surface area contributed by atoms with Crippen LogP contribution in [0.3, 0.4) is 0 Å². The van der Waals surface area contributed by atoms with Gasteiger partial charge < -0.3 is 4.52 Å². The molecular weight excluding hydrogens is 250 g/mol. The molecule has 0 aliphatic rings. The summed E-state index contributed by atoms with van der Waals surface area (Å²) in [5.41, 5.74) is -0.0578. The van der Waals surface area contributed by atoms with Crippen LogP contribution in [-0.2, 0) is 6.42 Å². The van der Waals surface area contributed by atoms with Crippen molar-refractivity contribution in [3.8, 4) is 0 Å². The van der Waals surface area contributed by atoms with E-state index in [-0.39, 0.29) is 11.7 Å². The second-order valence-corrected chi connectivity index (χ2v) is 4.26. The Labute approximate surface area is 109 Å². The standard InChI is InChI=1S/C11H15N5O3/c1-3-4-5-10-13-11(19-14-10)8(2)15-7-9(6-12-15)16(17)18/h6-8H,3-5H2,1-2H3/t8-/m1/s1. The first-order chi connectivity index (χ1) is 9.11. The summed E-state index contributed by atoms with van der Waals surface area (Å²) in [6.45, 7) is 3.89. The third-order valence-electron chi connectivity index (χ3n) is 2.79. The van der Waals surface area contributed by atoms with Gasteiger partial charge in [-0.2, -0.15) is 10.1 Å². The molecule has 0 N–H and O–H groups in total. The number of nitro groups is 1. The van der Waals surface area contributed by atoms with E-state index in [1.165, 1.54) is 17.1 Å². The van der Waals surface area contributed by atoms with Crippen molar-refractivity contribution in [1.82, 2.24) is 19.9 Å². The van der Waals surface area contributed by atoms with Gasteiger partial charge in [0, 0.05) is 6.42 Å². The lowest BCUT2D eigenvalue weighted by Gasteiger charge is -2.04. The smallest absolute Gasteiger partial charge is 0.307 e. The Morgan fingerprint density at radius 3 is 3.00 bits per heavy atom. The van der Waals surface area contributed by atoms with Crippen molar-refractivity contribution in [1.29, 1.82) is 0 Å². The van der Waals surface area contributed by atoms with Crippen LogP contribution in [0.1, 0.15) is 44.4 Å². The molecule has 8 nitrogen and oxygen atoms in total. The van der Waals surface area contributed by atoms with Gasteiger partial charge in [0.2, 0.25) is 0 Å². The van der Waals surface area contributed by atoms with Gasteiger partial charge in [-0.15, -0.1) is 0 Å². The van der Waals surface area contributed by atoms with Crippen LogP contribution in [0.15, 0.2) is 16.9 Å². The SMILES string of the molecule is CCCCc1noc([C@@H](C)n2cc([N+](=O)[O-])cn2)n1. The van der Waals surface area contributed by atoms with Gasteiger partial charge in [-0.05, 0) is 13.3 Å². The first kappa shape index (κ1) is 13.2. The number of unbranched alkanes of at least 4 members (excludes halogenated alkanes) is 1. The zero-order valence-electron chi connectivity index (χ0n) is 10.8. The molecule has 102 valence electrons. The molecule has 2 rings (SSSR count). The van der Waals surface area contributed by atoms with Crippen molar-refractivity contribution in [2.45, 2.75) is 39.2 Å². The number of rotatable bonds is 6. The van der Waals surface area contributed by atoms with Crippen molar-refractivity contribution in [2.75, 3.05) is 0 Å². The first-order valence-corrected chi connectivity index (χ1v) is 6.12. The summed E-state index contributed by atoms with van der Waals surface area (Å²) < 4.78 is 6.60. The average Bonchev–Trinajstić information content (AvgIpc) is 3.04. The molecule has 0 fully saturated rings. The normalized spacial score (nSPS) is 12.5. The first-order valence-electron chi connectivity index (χ1n) is 6.12. The minimum Gasteiger partial charge on any atom is -0.337 e. The highest BCUT2D eigenvalue weighted by Crippen LogP contribution is 2.18. The molecule has 2 aromatic heterocycles. The van der Waals surface area contributed by atoms with Crippen LogP contribution < -0.4 is 0 Å². The Kier molecular flexibility index (Phi) is 3.88. The van der Waals surface area contributed by atoms with E-state index in [9.17, 15) is 10.1 Å². The molecule has 0 aromatic carbocycles. The highest BCUT2D eigenvalue weighted by atomic mass is 16.6. The molecule has 1 atom stereocenters. The van der Waals surface area contributed by atoms with Gasteiger partial charge in [0.15, 0.2) is 5.82 Å². The van der Waals surface area contributed by atoms with Crippen molar-refractivity contribution in [3.05, 3.63) is 34.2 Å². The summed E-state index contributed by atoms with van der Waals surface area (Å²) in [4.78, 5) is 14.4. The topological polar surface area (TPSA) is 99.9 Å². The van der Waals surface area contributed by atoms with Gasteiger partial charge in [0.25, 0.3) is 5.89 Å². The summed E-state index contributed by atoms with van der Waals surface area (Å²) in [7, 11) is 0. The zero-order chi connectivity index (χ0) is 13.8. The van der Waals surface area contributed by atoms with E-state index in [0.29, 0.717) is 11.7 Å². The van der Waals surface area contributed by atoms with Crippen LogP contribution >= 0.6 is 0 Å². The minimum absolute atomic E-state index is 0.0578. The summed E-state index contributed by atoms with van der Waals surface area (Å²) >= 11 is 0. The molecule has 0 spiro atoms. The fourth-order valence-corrected chi connectivity index (χ4v) is 1.62. The van der Waals surface area contributed by atoms with Crippen LogP contribution in [0.25, 0.3) is 0 Å². The van der Waals surface area contributed by atoms with Crippen LogP contribution in [-0.4, -0.2) is 24.8 Å². The summed E-state index contributed by atoms with van der Waals surface area (Å²) in [5.74, 6) is 1.06. The van der Waals surface area contributed by atoms with E-state index >= 15 is 0 Å². The lowest BCUT2D eigenvalue weighted by Crippen LogP contribution is -2.07. The van der Waals surface area contributed by atoms with Crippen LogP contribution in [0.5, 0.6) is 0 Å². The maximum Gasteiger partial charge on any atom is 0.307 e. The van der Waals surface area contributed by atoms with Crippen molar-refractivity contribution in [2.24, 2.45) is 0 Å². The molecule has 0 aliphatic carbocycles. The van der Waals surface area contributed by atoms with Crippen molar-refractivity contribution >= 4 is 5.69 Å². The fourth-order valence-electron chi connectivity index (χ4n) is 1.62. The maximum absolute atomic E-state index is 10.6. The summed E-state index contributed by atoms with van der Waals surface area (Å²) in [6, 6.07) is -0.323. The van der Waals surface area contributed by atoms with Crippen LogP contribution in [0.2, 0.25) is 0 Å². The molecule has 0 amide bonds. The van der Waals surface area contributed by atoms with Gasteiger partial charge in [-0.3, -0.25) is 14.8 Å². The second-order valence-electron chi connectivity index (χ2n) is 4.26. The largest absolute Gasteiger partial charge is 0.337 e. The zero-order valence-corrected chi connectivity index (χ0v) is 10.8. The number of aromatic nitrogens is 4. The predicted molar refractivity (Wildman–Crippen MR) is 65.6 cm³/mol. The van der Waals surface area contributed by atoms with Crippen LogP contribution in [0, 0.1) is 10.1 Å². The molecule has 0 aliphatic heterocycles. The molecule has 8 heteroatoms. The maximum atomic E-state index is 10.6. The molecule has 0 saturated carbocycles. The van der Waals surface area contributed by atoms with E-state index in [1.54, 1.807) is 6.92 Å². The van der Waals surface area contributed by atoms with Gasteiger partial charge in [-0.25, -0.2) is 0 Å². The quantitative estimate of drug-likeness (QED) is 0.585. The molecule has 0 saturated heterocycles. The molecule has 0 unspecified atom stereocenters. The monoisotopic (exact) mass is 265 g/mol. The predicted octanol–water partition coefficient (Wildman–Crippen LogP) is 2.13. The average molecular weight is 265 g/mol. The number of hydrogen-bond acceptors (Lipinski definition) is 6. The van der Waals surface area contributed by atoms with Crippen LogP contribution in [0.4, 0.5) is 5.69 Å². The van der Waals surface area contributed by atoms with Crippen molar-refractivity contribution < 1.29 is 9.45 Å². The third kappa shape index (κ3) is 2.95. The van der Waals surface area contributed by atoms with Gasteiger partial charge in [0.1, 0.15) is 18.4 Å². The molecule has 0 radical (unpaired) electrons. The lowest BCUT2D eigenvalue weighted by molar-refractivity contribution is -0.385. The minimum atomic E-state index is -0.489. The Morgan fingerprint density at radius 1 is 1.58 bits per heavy atom. The Hall–Kier alpha value is -2.25. The van der Waals surface area contributed by atoms with Gasteiger partial charge in [-0.1, -0.05) is 18.5 Å². The van der Waals surface area contributed by atoms with E-state index in [4.69, 9.17) is 4.52 Å².